The highest BCUT2D eigenvalue weighted by atomic mass is 16.3. The molecule has 0 bridgehead atoms. The number of piperidine rings is 1. The van der Waals surface area contributed by atoms with Crippen molar-refractivity contribution >= 4 is 5.91 Å². The number of rotatable bonds is 4. The van der Waals surface area contributed by atoms with Gasteiger partial charge in [0.05, 0.1) is 5.56 Å². The van der Waals surface area contributed by atoms with E-state index in [1.54, 1.807) is 0 Å². The number of carbonyl (C=O) groups is 1. The Morgan fingerprint density at radius 2 is 2.00 bits per heavy atom. The average Bonchev–Trinajstić information content (AvgIpc) is 2.45. The summed E-state index contributed by atoms with van der Waals surface area (Å²) in [5.74, 6) is 0.104. The number of nitrogens with zero attached hydrogens (tertiary/aromatic N) is 1. The van der Waals surface area contributed by atoms with Crippen LogP contribution < -0.4 is 5.32 Å². The molecular formula is C16H24N2O3. The summed E-state index contributed by atoms with van der Waals surface area (Å²) in [5.41, 5.74) is 0.246. The number of phenols is 2. The molecular weight excluding hydrogens is 268 g/mol. The van der Waals surface area contributed by atoms with Crippen LogP contribution in [0.1, 0.15) is 37.0 Å². The number of hydrogen-bond acceptors (Lipinski definition) is 4. The highest BCUT2D eigenvalue weighted by molar-refractivity contribution is 5.97. The number of carbonyl (C=O) groups excluding carboxylic acids is 1. The highest BCUT2D eigenvalue weighted by Gasteiger charge is 2.25. The number of hydrogen-bond donors (Lipinski definition) is 3. The van der Waals surface area contributed by atoms with Crippen molar-refractivity contribution in [1.82, 2.24) is 10.2 Å². The summed E-state index contributed by atoms with van der Waals surface area (Å²) in [5, 5.41) is 22.5. The second-order valence-electron chi connectivity index (χ2n) is 5.95. The topological polar surface area (TPSA) is 72.8 Å². The molecule has 0 radical (unpaired) electrons. The van der Waals surface area contributed by atoms with E-state index in [1.807, 2.05) is 18.7 Å². The maximum atomic E-state index is 12.7. The SMILES string of the molecule is CC(C)N(CC1CCNCC1)C(=O)c1ccc(O)cc1O. The fourth-order valence-corrected chi connectivity index (χ4v) is 2.73. The molecule has 1 fully saturated rings. The Kier molecular flexibility index (Phi) is 5.07. The number of aromatic hydroxyl groups is 2. The fraction of sp³-hybridized carbons (Fsp3) is 0.562. The fourth-order valence-electron chi connectivity index (χ4n) is 2.73. The Morgan fingerprint density at radius 3 is 2.57 bits per heavy atom. The van der Waals surface area contributed by atoms with Crippen LogP contribution in [-0.4, -0.2) is 46.7 Å². The minimum absolute atomic E-state index is 0.0431. The third-order valence-corrected chi connectivity index (χ3v) is 4.01. The maximum Gasteiger partial charge on any atom is 0.257 e. The van der Waals surface area contributed by atoms with Gasteiger partial charge in [0, 0.05) is 18.7 Å². The number of phenolic OH excluding ortho intramolecular Hbond substituents is 2. The molecule has 116 valence electrons. The van der Waals surface area contributed by atoms with Gasteiger partial charge in [0.25, 0.3) is 5.91 Å². The Bertz CT molecular complexity index is 496. The second kappa shape index (κ2) is 6.80. The Hall–Kier alpha value is -1.75. The third kappa shape index (κ3) is 3.88. The first-order valence-electron chi connectivity index (χ1n) is 7.52. The minimum atomic E-state index is -0.180. The van der Waals surface area contributed by atoms with Crippen LogP contribution in [0.3, 0.4) is 0 Å². The van der Waals surface area contributed by atoms with Crippen LogP contribution in [0.25, 0.3) is 0 Å². The van der Waals surface area contributed by atoms with Crippen LogP contribution in [0.4, 0.5) is 0 Å². The van der Waals surface area contributed by atoms with Crippen LogP contribution in [0.5, 0.6) is 11.5 Å². The summed E-state index contributed by atoms with van der Waals surface area (Å²) in [4.78, 5) is 14.5. The molecule has 1 aromatic carbocycles. The zero-order valence-electron chi connectivity index (χ0n) is 12.7. The lowest BCUT2D eigenvalue weighted by molar-refractivity contribution is 0.0655. The van der Waals surface area contributed by atoms with Crippen LogP contribution in [0, 0.1) is 5.92 Å². The monoisotopic (exact) mass is 292 g/mol. The van der Waals surface area contributed by atoms with Crippen molar-refractivity contribution in [2.24, 2.45) is 5.92 Å². The summed E-state index contributed by atoms with van der Waals surface area (Å²) in [7, 11) is 0. The van der Waals surface area contributed by atoms with Gasteiger partial charge in [-0.15, -0.1) is 0 Å². The van der Waals surface area contributed by atoms with Gasteiger partial charge in [0.2, 0.25) is 0 Å². The van der Waals surface area contributed by atoms with E-state index in [0.29, 0.717) is 12.5 Å². The van der Waals surface area contributed by atoms with E-state index in [1.165, 1.54) is 18.2 Å². The second-order valence-corrected chi connectivity index (χ2v) is 5.95. The first-order valence-corrected chi connectivity index (χ1v) is 7.52. The molecule has 1 aromatic rings. The normalized spacial score (nSPS) is 16.1. The van der Waals surface area contributed by atoms with Crippen molar-refractivity contribution in [3.63, 3.8) is 0 Å². The third-order valence-electron chi connectivity index (χ3n) is 4.01. The van der Waals surface area contributed by atoms with E-state index < -0.39 is 0 Å². The predicted molar refractivity (Wildman–Crippen MR) is 81.5 cm³/mol. The van der Waals surface area contributed by atoms with Gasteiger partial charge >= 0.3 is 0 Å². The zero-order valence-corrected chi connectivity index (χ0v) is 12.7. The smallest absolute Gasteiger partial charge is 0.257 e. The summed E-state index contributed by atoms with van der Waals surface area (Å²) in [6.45, 7) is 6.66. The first-order chi connectivity index (χ1) is 9.99. The molecule has 3 N–H and O–H groups in total. The molecule has 0 aliphatic carbocycles. The largest absolute Gasteiger partial charge is 0.508 e. The minimum Gasteiger partial charge on any atom is -0.508 e. The molecule has 1 saturated heterocycles. The van der Waals surface area contributed by atoms with Crippen molar-refractivity contribution in [3.8, 4) is 11.5 Å². The molecule has 5 nitrogen and oxygen atoms in total. The molecule has 0 unspecified atom stereocenters. The van der Waals surface area contributed by atoms with Crippen molar-refractivity contribution in [2.45, 2.75) is 32.7 Å². The summed E-state index contributed by atoms with van der Waals surface area (Å²) >= 11 is 0. The summed E-state index contributed by atoms with van der Waals surface area (Å²) in [6, 6.07) is 4.18. The molecule has 1 heterocycles. The molecule has 2 rings (SSSR count). The Labute approximate surface area is 125 Å². The van der Waals surface area contributed by atoms with Crippen LogP contribution >= 0.6 is 0 Å². The van der Waals surface area contributed by atoms with Crippen LogP contribution in [0.15, 0.2) is 18.2 Å². The van der Waals surface area contributed by atoms with E-state index in [9.17, 15) is 15.0 Å². The van der Waals surface area contributed by atoms with Gasteiger partial charge in [-0.05, 0) is 57.8 Å². The molecule has 1 aliphatic rings. The van der Waals surface area contributed by atoms with E-state index in [2.05, 4.69) is 5.32 Å². The first kappa shape index (κ1) is 15.6. The number of amides is 1. The summed E-state index contributed by atoms with van der Waals surface area (Å²) in [6.07, 6.45) is 2.14. The van der Waals surface area contributed by atoms with Gasteiger partial charge in [0.1, 0.15) is 11.5 Å². The van der Waals surface area contributed by atoms with Gasteiger partial charge in [-0.1, -0.05) is 0 Å². The lowest BCUT2D eigenvalue weighted by Crippen LogP contribution is -2.43. The van der Waals surface area contributed by atoms with Gasteiger partial charge < -0.3 is 20.4 Å². The lowest BCUT2D eigenvalue weighted by Gasteiger charge is -2.33. The van der Waals surface area contributed by atoms with E-state index in [0.717, 1.165) is 25.9 Å². The molecule has 0 aromatic heterocycles. The summed E-state index contributed by atoms with van der Waals surface area (Å²) < 4.78 is 0. The van der Waals surface area contributed by atoms with Crippen molar-refractivity contribution in [2.75, 3.05) is 19.6 Å². The number of benzene rings is 1. The van der Waals surface area contributed by atoms with Crippen molar-refractivity contribution < 1.29 is 15.0 Å². The maximum absolute atomic E-state index is 12.7. The standard InChI is InChI=1S/C16H24N2O3/c1-11(2)18(10-12-5-7-17-8-6-12)16(21)14-4-3-13(19)9-15(14)20/h3-4,9,11-12,17,19-20H,5-8,10H2,1-2H3. The van der Waals surface area contributed by atoms with Crippen molar-refractivity contribution in [1.29, 1.82) is 0 Å². The molecule has 21 heavy (non-hydrogen) atoms. The highest BCUT2D eigenvalue weighted by Crippen LogP contribution is 2.25. The van der Waals surface area contributed by atoms with E-state index in [4.69, 9.17) is 0 Å². The van der Waals surface area contributed by atoms with E-state index >= 15 is 0 Å². The molecule has 1 amide bonds. The Morgan fingerprint density at radius 1 is 1.33 bits per heavy atom. The molecule has 0 spiro atoms. The van der Waals surface area contributed by atoms with Crippen molar-refractivity contribution in [3.05, 3.63) is 23.8 Å². The zero-order chi connectivity index (χ0) is 15.4. The number of nitrogens with one attached hydrogen (secondary N) is 1. The van der Waals surface area contributed by atoms with Gasteiger partial charge in [-0.25, -0.2) is 0 Å². The Balaban J connectivity index is 2.14. The molecule has 5 heteroatoms. The lowest BCUT2D eigenvalue weighted by atomic mass is 9.96. The van der Waals surface area contributed by atoms with Gasteiger partial charge in [-0.3, -0.25) is 4.79 Å². The molecule has 0 saturated carbocycles. The molecule has 1 aliphatic heterocycles. The van der Waals surface area contributed by atoms with Crippen LogP contribution in [-0.2, 0) is 0 Å². The van der Waals surface area contributed by atoms with E-state index in [-0.39, 0.29) is 29.0 Å². The quantitative estimate of drug-likeness (QED) is 0.793. The van der Waals surface area contributed by atoms with Gasteiger partial charge in [0.15, 0.2) is 0 Å². The van der Waals surface area contributed by atoms with Gasteiger partial charge in [-0.2, -0.15) is 0 Å². The van der Waals surface area contributed by atoms with Crippen LogP contribution in [0.2, 0.25) is 0 Å². The predicted octanol–water partition coefficient (Wildman–Crippen LogP) is 1.95. The average molecular weight is 292 g/mol. The molecule has 0 atom stereocenters.